The van der Waals surface area contributed by atoms with E-state index in [2.05, 4.69) is 0 Å². The van der Waals surface area contributed by atoms with Gasteiger partial charge in [-0.1, -0.05) is 0 Å². The van der Waals surface area contributed by atoms with Gasteiger partial charge < -0.3 is 0 Å². The zero-order chi connectivity index (χ0) is 6.15. The molecule has 1 aliphatic heterocycles. The fourth-order valence-corrected chi connectivity index (χ4v) is 1.33. The summed E-state index contributed by atoms with van der Waals surface area (Å²) in [5.74, 6) is -0.740. The molecule has 0 aliphatic carbocycles. The number of amides is 1. The number of rotatable bonds is 1. The lowest BCUT2D eigenvalue weighted by molar-refractivity contribution is -0.137. The minimum absolute atomic E-state index is 0.367. The molecule has 8 heavy (non-hydrogen) atoms. The van der Waals surface area contributed by atoms with Crippen molar-refractivity contribution in [2.75, 3.05) is 0 Å². The number of ketones is 1. The molecule has 1 amide bonds. The Morgan fingerprint density at radius 3 is 2.00 bits per heavy atom. The maximum atomic E-state index is 10.5. The van der Waals surface area contributed by atoms with Crippen LogP contribution in [0, 0.1) is 0 Å². The van der Waals surface area contributed by atoms with Gasteiger partial charge in [-0.15, -0.1) is 0 Å². The van der Waals surface area contributed by atoms with Gasteiger partial charge in [0, 0.05) is 6.92 Å². The molecule has 0 aromatic carbocycles. The number of hydrogen-bond donors (Lipinski definition) is 0. The first-order chi connectivity index (χ1) is 3.72. The maximum absolute atomic E-state index is 10.5. The molecule has 5 heteroatoms. The molecule has 0 N–H and O–H groups in total. The lowest BCUT2D eigenvalue weighted by atomic mass is 10.4. The predicted molar refractivity (Wildman–Crippen MR) is 31.4 cm³/mol. The molecule has 0 aromatic heterocycles. The number of Topliss-reactive ketones (excluding diaryl/α,β-unsaturated/α-hetero) is 1. The van der Waals surface area contributed by atoms with E-state index in [-0.39, 0.29) is 11.7 Å². The molecule has 0 spiro atoms. The molecule has 42 valence electrons. The van der Waals surface area contributed by atoms with Crippen LogP contribution in [0.15, 0.2) is 0 Å². The Morgan fingerprint density at radius 2 is 1.88 bits per heavy atom. The smallest absolute Gasteiger partial charge is 0.289 e. The summed E-state index contributed by atoms with van der Waals surface area (Å²) in [5, 5.41) is 0. The number of carbonyl (C=O) groups excluding carboxylic acids is 2. The predicted octanol–water partition coefficient (Wildman–Crippen LogP) is 1.05. The summed E-state index contributed by atoms with van der Waals surface area (Å²) in [6.45, 7) is 1.28. The highest BCUT2D eigenvalue weighted by Gasteiger charge is 2.22. The van der Waals surface area contributed by atoms with Crippen LogP contribution in [-0.2, 0) is 9.59 Å². The third kappa shape index (κ3) is 1.12. The molecule has 1 heterocycles. The molecule has 0 bridgehead atoms. The maximum Gasteiger partial charge on any atom is 0.305 e. The van der Waals surface area contributed by atoms with E-state index >= 15 is 0 Å². The van der Waals surface area contributed by atoms with Crippen molar-refractivity contribution in [2.45, 2.75) is 6.92 Å². The van der Waals surface area contributed by atoms with E-state index in [0.29, 0.717) is 0 Å². The third-order valence-electron chi connectivity index (χ3n) is 0.662. The first-order valence-corrected chi connectivity index (χ1v) is 4.38. The van der Waals surface area contributed by atoms with Crippen LogP contribution in [0.3, 0.4) is 0 Å². The zero-order valence-corrected chi connectivity index (χ0v) is 5.95. The summed E-state index contributed by atoms with van der Waals surface area (Å²) in [7, 11) is 1.87. The van der Waals surface area contributed by atoms with Gasteiger partial charge >= 0.3 is 5.91 Å². The van der Waals surface area contributed by atoms with Gasteiger partial charge in [0.05, 0.1) is 16.0 Å². The summed E-state index contributed by atoms with van der Waals surface area (Å²) in [6, 6.07) is 0. The summed E-state index contributed by atoms with van der Waals surface area (Å²) >= 11 is 0. The van der Waals surface area contributed by atoms with Crippen molar-refractivity contribution in [3.8, 4) is 0 Å². The monoisotopic (exact) mass is 147 g/mol. The molecule has 1 rings (SSSR count). The second-order valence-electron chi connectivity index (χ2n) is 1.33. The summed E-state index contributed by atoms with van der Waals surface area (Å²) in [6.07, 6.45) is 0. The summed E-state index contributed by atoms with van der Waals surface area (Å²) in [5.41, 5.74) is 0. The second kappa shape index (κ2) is 1.93. The average molecular weight is 147 g/mol. The zero-order valence-electron chi connectivity index (χ0n) is 4.16. The van der Waals surface area contributed by atoms with Crippen LogP contribution in [0.25, 0.3) is 0 Å². The van der Waals surface area contributed by atoms with Crippen LogP contribution in [0.5, 0.6) is 0 Å². The van der Waals surface area contributed by atoms with Crippen molar-refractivity contribution >= 4 is 27.7 Å². The van der Waals surface area contributed by atoms with E-state index in [1.807, 2.05) is 0 Å². The van der Waals surface area contributed by atoms with Crippen molar-refractivity contribution in [1.82, 2.24) is 4.44 Å². The molecule has 1 aliphatic rings. The normalized spacial score (nSPS) is 17.9. The molecule has 0 aromatic rings. The van der Waals surface area contributed by atoms with Crippen LogP contribution in [0.2, 0.25) is 0 Å². The Balaban J connectivity index is 2.46. The van der Waals surface area contributed by atoms with E-state index in [9.17, 15) is 9.59 Å². The first kappa shape index (κ1) is 5.87. The Bertz CT molecular complexity index is 170. The SMILES string of the molecule is CC(=O)C(=O)N1P=P1. The highest BCUT2D eigenvalue weighted by Crippen LogP contribution is 2.45. The number of nitrogens with zero attached hydrogens (tertiary/aromatic N) is 1. The Morgan fingerprint density at radius 1 is 1.38 bits per heavy atom. The molecule has 0 radical (unpaired) electrons. The third-order valence-corrected chi connectivity index (χ3v) is 2.46. The Kier molecular flexibility index (Phi) is 1.41. The van der Waals surface area contributed by atoms with Gasteiger partial charge in [0.1, 0.15) is 0 Å². The van der Waals surface area contributed by atoms with E-state index in [1.165, 1.54) is 11.4 Å². The molecular formula is C3H3NO2P2. The molecule has 0 saturated heterocycles. The second-order valence-corrected chi connectivity index (χ2v) is 3.88. The van der Waals surface area contributed by atoms with Crippen LogP contribution in [0.4, 0.5) is 0 Å². The van der Waals surface area contributed by atoms with Crippen LogP contribution >= 0.6 is 16.0 Å². The summed E-state index contributed by atoms with van der Waals surface area (Å²) in [4.78, 5) is 20.7. The first-order valence-electron chi connectivity index (χ1n) is 1.98. The lowest BCUT2D eigenvalue weighted by Crippen LogP contribution is -2.15. The molecular weight excluding hydrogens is 144 g/mol. The molecule has 0 saturated carbocycles. The molecule has 0 unspecified atom stereocenters. The highest BCUT2D eigenvalue weighted by molar-refractivity contribution is 7.98. The standard InChI is InChI=1S/C3H3NO2P2/c1-2(5)3(6)4-7-8-4/h1H3. The van der Waals surface area contributed by atoms with E-state index in [1.54, 1.807) is 0 Å². The fourth-order valence-electron chi connectivity index (χ4n) is 0.242. The van der Waals surface area contributed by atoms with E-state index < -0.39 is 0 Å². The van der Waals surface area contributed by atoms with Gasteiger partial charge in [-0.25, -0.2) is 4.44 Å². The van der Waals surface area contributed by atoms with Gasteiger partial charge in [0.25, 0.3) is 0 Å². The van der Waals surface area contributed by atoms with Crippen molar-refractivity contribution in [3.63, 3.8) is 0 Å². The van der Waals surface area contributed by atoms with Crippen LogP contribution in [0.1, 0.15) is 6.92 Å². The lowest BCUT2D eigenvalue weighted by Gasteiger charge is -1.89. The average Bonchev–Trinajstić information content (AvgIpc) is 2.43. The molecule has 0 fully saturated rings. The highest BCUT2D eigenvalue weighted by atomic mass is 31.8. The largest absolute Gasteiger partial charge is 0.305 e. The van der Waals surface area contributed by atoms with Gasteiger partial charge in [-0.3, -0.25) is 9.59 Å². The van der Waals surface area contributed by atoms with Gasteiger partial charge in [-0.2, -0.15) is 0 Å². The quantitative estimate of drug-likeness (QED) is 0.410. The van der Waals surface area contributed by atoms with Gasteiger partial charge in [-0.05, 0) is 0 Å². The molecule has 0 atom stereocenters. The van der Waals surface area contributed by atoms with Crippen molar-refractivity contribution < 1.29 is 9.59 Å². The minimum Gasteiger partial charge on any atom is -0.289 e. The minimum atomic E-state index is -0.373. The Hall–Kier alpha value is -0.260. The van der Waals surface area contributed by atoms with Crippen molar-refractivity contribution in [2.24, 2.45) is 0 Å². The van der Waals surface area contributed by atoms with E-state index in [0.717, 1.165) is 16.0 Å². The van der Waals surface area contributed by atoms with E-state index in [4.69, 9.17) is 0 Å². The number of carbonyl (C=O) groups is 2. The molecule has 3 nitrogen and oxygen atoms in total. The van der Waals surface area contributed by atoms with Crippen LogP contribution < -0.4 is 0 Å². The summed E-state index contributed by atoms with van der Waals surface area (Å²) < 4.78 is 1.45. The Labute approximate surface area is 49.6 Å². The van der Waals surface area contributed by atoms with Crippen LogP contribution in [-0.4, -0.2) is 16.1 Å². The fraction of sp³-hybridized carbons (Fsp3) is 0.333. The topological polar surface area (TPSA) is 37.1 Å². The van der Waals surface area contributed by atoms with Crippen molar-refractivity contribution in [1.29, 1.82) is 0 Å². The number of hydrogen-bond acceptors (Lipinski definition) is 2. The van der Waals surface area contributed by atoms with Gasteiger partial charge in [0.2, 0.25) is 5.78 Å². The van der Waals surface area contributed by atoms with Gasteiger partial charge in [0.15, 0.2) is 0 Å². The van der Waals surface area contributed by atoms with Crippen molar-refractivity contribution in [3.05, 3.63) is 0 Å².